The van der Waals surface area contributed by atoms with E-state index in [9.17, 15) is 5.48 Å². The fourth-order valence-electron chi connectivity index (χ4n) is 8.67. The van der Waals surface area contributed by atoms with E-state index < -0.39 is 24.2 Å². The van der Waals surface area contributed by atoms with Gasteiger partial charge in [0.05, 0.1) is 11.0 Å². The van der Waals surface area contributed by atoms with Crippen LogP contribution in [-0.4, -0.2) is 0 Å². The van der Waals surface area contributed by atoms with Gasteiger partial charge in [0.15, 0.2) is 0 Å². The van der Waals surface area contributed by atoms with Crippen LogP contribution >= 0.6 is 0 Å². The summed E-state index contributed by atoms with van der Waals surface area (Å²) in [7, 11) is 0. The second-order valence-corrected chi connectivity index (χ2v) is 13.7. The van der Waals surface area contributed by atoms with Gasteiger partial charge in [0, 0.05) is 32.7 Å². The van der Waals surface area contributed by atoms with E-state index in [0.717, 1.165) is 59.8 Å². The predicted molar refractivity (Wildman–Crippen MR) is 227 cm³/mol. The molecule has 0 aliphatic rings. The molecule has 2 nitrogen and oxygen atoms in total. The average molecular weight is 695 g/mol. The first-order valence-electron chi connectivity index (χ1n) is 21.9. The molecule has 0 atom stereocenters. The molecule has 0 bridgehead atoms. The molecular weight excluding hydrogens is 657 g/mol. The molecule has 2 aromatic heterocycles. The summed E-state index contributed by atoms with van der Waals surface area (Å²) in [6, 6.07) is 39.8. The van der Waals surface area contributed by atoms with E-state index in [0.29, 0.717) is 33.4 Å². The Balaban J connectivity index is 1.32. The number of furan rings is 2. The van der Waals surface area contributed by atoms with Crippen molar-refractivity contribution in [1.29, 1.82) is 0 Å². The van der Waals surface area contributed by atoms with Gasteiger partial charge in [-0.2, -0.15) is 0 Å². The highest BCUT2D eigenvalue weighted by atomic mass is 16.3. The molecule has 0 N–H and O–H groups in total. The van der Waals surface area contributed by atoms with Crippen LogP contribution in [-0.2, 0) is 0 Å². The number of rotatable bonds is 3. The summed E-state index contributed by atoms with van der Waals surface area (Å²) in [5.74, 6) is 0. The van der Waals surface area contributed by atoms with Gasteiger partial charge >= 0.3 is 0 Å². The zero-order chi connectivity index (χ0) is 42.3. The monoisotopic (exact) mass is 694 g/mol. The molecule has 12 rings (SSSR count). The third kappa shape index (κ3) is 4.05. The Morgan fingerprint density at radius 1 is 0.333 bits per heavy atom. The lowest BCUT2D eigenvalue weighted by Gasteiger charge is -2.20. The molecular formula is C52H30O2. The predicted octanol–water partition coefficient (Wildman–Crippen LogP) is 15.1. The molecule has 0 radical (unpaired) electrons. The Labute approximate surface area is 321 Å². The summed E-state index contributed by atoms with van der Waals surface area (Å²) >= 11 is 0. The molecule has 0 unspecified atom stereocenters. The van der Waals surface area contributed by atoms with Crippen LogP contribution in [0.25, 0.3) is 120 Å². The van der Waals surface area contributed by atoms with Gasteiger partial charge in [-0.05, 0) is 89.6 Å². The minimum absolute atomic E-state index is 0.121. The maximum atomic E-state index is 9.70. The lowest BCUT2D eigenvalue weighted by atomic mass is 9.83. The molecule has 2 heterocycles. The van der Waals surface area contributed by atoms with E-state index >= 15 is 0 Å². The SMILES string of the molecule is [2H]c1c([2H])c([2H])c2c(-c3cccc4c3oc3ccc5oc6ccccc6c5c34)c3c([2H])c([2H])c([2H])c([2H])c3c(-c3cc4c(-c5ccccc5)cccc4c4ccccc34)c2c1[2H]. The summed E-state index contributed by atoms with van der Waals surface area (Å²) < 4.78 is 88.1. The molecule has 12 aromatic rings. The van der Waals surface area contributed by atoms with Crippen LogP contribution in [0.15, 0.2) is 191 Å². The Morgan fingerprint density at radius 2 is 0.852 bits per heavy atom. The molecule has 54 heavy (non-hydrogen) atoms. The average Bonchev–Trinajstić information content (AvgIpc) is 3.88. The van der Waals surface area contributed by atoms with Crippen LogP contribution < -0.4 is 0 Å². The summed E-state index contributed by atoms with van der Waals surface area (Å²) in [6.45, 7) is 0. The highest BCUT2D eigenvalue weighted by Gasteiger charge is 2.23. The third-order valence-electron chi connectivity index (χ3n) is 10.9. The molecule has 0 aliphatic carbocycles. The topological polar surface area (TPSA) is 26.3 Å². The van der Waals surface area contributed by atoms with Crippen molar-refractivity contribution in [3.63, 3.8) is 0 Å². The van der Waals surface area contributed by atoms with Gasteiger partial charge in [-0.1, -0.05) is 158 Å². The molecule has 10 aromatic carbocycles. The van der Waals surface area contributed by atoms with E-state index in [-0.39, 0.29) is 51.3 Å². The maximum absolute atomic E-state index is 9.70. The molecule has 2 heteroatoms. The van der Waals surface area contributed by atoms with Crippen molar-refractivity contribution in [3.05, 3.63) is 182 Å². The summed E-state index contributed by atoms with van der Waals surface area (Å²) in [6.07, 6.45) is 0. The first-order valence-corrected chi connectivity index (χ1v) is 17.9. The van der Waals surface area contributed by atoms with Gasteiger partial charge in [0.2, 0.25) is 0 Å². The quantitative estimate of drug-likeness (QED) is 0.136. The second kappa shape index (κ2) is 11.2. The molecule has 0 aliphatic heterocycles. The van der Waals surface area contributed by atoms with Crippen LogP contribution in [0.3, 0.4) is 0 Å². The van der Waals surface area contributed by atoms with Gasteiger partial charge < -0.3 is 8.83 Å². The first-order chi connectivity index (χ1) is 30.1. The highest BCUT2D eigenvalue weighted by molar-refractivity contribution is 6.30. The summed E-state index contributed by atoms with van der Waals surface area (Å²) in [4.78, 5) is 0. The van der Waals surface area contributed by atoms with Crippen LogP contribution in [0.2, 0.25) is 0 Å². The fourth-order valence-corrected chi connectivity index (χ4v) is 8.67. The molecule has 0 saturated heterocycles. The van der Waals surface area contributed by atoms with Gasteiger partial charge in [-0.15, -0.1) is 0 Å². The number of hydrogen-bond donors (Lipinski definition) is 0. The summed E-state index contributed by atoms with van der Waals surface area (Å²) in [5, 5.41) is 7.30. The Bertz CT molecular complexity index is 3880. The lowest BCUT2D eigenvalue weighted by Crippen LogP contribution is -1.93. The van der Waals surface area contributed by atoms with Crippen molar-refractivity contribution in [2.75, 3.05) is 0 Å². The third-order valence-corrected chi connectivity index (χ3v) is 10.9. The minimum Gasteiger partial charge on any atom is -0.456 e. The lowest BCUT2D eigenvalue weighted by molar-refractivity contribution is 0.663. The van der Waals surface area contributed by atoms with Crippen LogP contribution in [0.4, 0.5) is 0 Å². The Kier molecular flexibility index (Phi) is 4.70. The highest BCUT2D eigenvalue weighted by Crippen LogP contribution is 2.50. The number of para-hydroxylation sites is 2. The Hall–Kier alpha value is -7.16. The molecule has 0 amide bonds. The molecule has 0 fully saturated rings. The van der Waals surface area contributed by atoms with Crippen molar-refractivity contribution < 1.29 is 19.8 Å². The van der Waals surface area contributed by atoms with Crippen molar-refractivity contribution in [3.8, 4) is 33.4 Å². The van der Waals surface area contributed by atoms with E-state index in [1.165, 1.54) is 0 Å². The van der Waals surface area contributed by atoms with Crippen molar-refractivity contribution in [1.82, 2.24) is 0 Å². The molecule has 0 spiro atoms. The standard InChI is InChI=1S/C52H30O2/c1-2-14-31(15-3-1)32-23-12-24-34-33-16-4-5-17-35(33)44(30-43(32)34)49-38-20-8-6-18-36(38)48(37-19-7-9-21-39(37)49)41-25-13-26-42-51-47(54-52(41)42)29-28-46-50(51)40-22-10-11-27-45(40)53-46/h1-30H/i6D,7D,8D,9D,18D,19D,20D,21D. The first kappa shape index (κ1) is 22.7. The fraction of sp³-hybridized carbons (Fsp3) is 0. The maximum Gasteiger partial charge on any atom is 0.143 e. The van der Waals surface area contributed by atoms with E-state index in [1.54, 1.807) is 6.07 Å². The number of benzene rings is 10. The summed E-state index contributed by atoms with van der Waals surface area (Å²) in [5.41, 5.74) is 5.80. The zero-order valence-electron chi connectivity index (χ0n) is 36.5. The van der Waals surface area contributed by atoms with E-state index in [1.807, 2.05) is 121 Å². The van der Waals surface area contributed by atoms with Gasteiger partial charge in [0.25, 0.3) is 0 Å². The minimum atomic E-state index is -0.465. The second-order valence-electron chi connectivity index (χ2n) is 13.7. The van der Waals surface area contributed by atoms with Crippen molar-refractivity contribution in [2.45, 2.75) is 0 Å². The van der Waals surface area contributed by atoms with Crippen LogP contribution in [0.1, 0.15) is 11.0 Å². The van der Waals surface area contributed by atoms with Gasteiger partial charge in [-0.3, -0.25) is 0 Å². The number of fused-ring (bicyclic) bond motifs is 12. The van der Waals surface area contributed by atoms with Crippen LogP contribution in [0.5, 0.6) is 0 Å². The van der Waals surface area contributed by atoms with Crippen molar-refractivity contribution >= 4 is 87.0 Å². The zero-order valence-corrected chi connectivity index (χ0v) is 28.5. The van der Waals surface area contributed by atoms with Gasteiger partial charge in [-0.25, -0.2) is 0 Å². The smallest absolute Gasteiger partial charge is 0.143 e. The molecule has 250 valence electrons. The molecule has 0 saturated carbocycles. The van der Waals surface area contributed by atoms with Crippen molar-refractivity contribution in [2.24, 2.45) is 0 Å². The van der Waals surface area contributed by atoms with E-state index in [4.69, 9.17) is 14.3 Å². The van der Waals surface area contributed by atoms with E-state index in [2.05, 4.69) is 6.07 Å². The normalized spacial score (nSPS) is 14.1. The number of hydrogen-bond acceptors (Lipinski definition) is 2. The van der Waals surface area contributed by atoms with Crippen LogP contribution in [0, 0.1) is 0 Å². The van der Waals surface area contributed by atoms with Gasteiger partial charge in [0.1, 0.15) is 22.3 Å². The Morgan fingerprint density at radius 3 is 1.57 bits per heavy atom. The largest absolute Gasteiger partial charge is 0.456 e.